The number of aryl methyl sites for hydroxylation is 3. The SMILES string of the molecule is Cc1cc(C)c(NC(=O)/C(C#N)=C/c2ccc(CSC(F)F)o2)c(C)c1. The van der Waals surface area contributed by atoms with Crippen molar-refractivity contribution < 1.29 is 18.0 Å². The third kappa shape index (κ3) is 5.20. The maximum atomic E-state index is 12.4. The van der Waals surface area contributed by atoms with Crippen molar-refractivity contribution in [3.8, 4) is 6.07 Å². The Hall–Kier alpha value is -2.59. The third-order valence-corrected chi connectivity index (χ3v) is 4.30. The predicted octanol–water partition coefficient (Wildman–Crippen LogP) is 5.21. The van der Waals surface area contributed by atoms with Crippen molar-refractivity contribution in [2.45, 2.75) is 32.3 Å². The molecule has 1 N–H and O–H groups in total. The Kier molecular flexibility index (Phi) is 6.58. The summed E-state index contributed by atoms with van der Waals surface area (Å²) in [6.45, 7) is 5.72. The Labute approximate surface area is 154 Å². The molecule has 1 aromatic heterocycles. The molecule has 4 nitrogen and oxygen atoms in total. The van der Waals surface area contributed by atoms with Crippen molar-refractivity contribution >= 4 is 29.4 Å². The van der Waals surface area contributed by atoms with E-state index in [4.69, 9.17) is 4.42 Å². The van der Waals surface area contributed by atoms with E-state index in [0.29, 0.717) is 23.2 Å². The van der Waals surface area contributed by atoms with Crippen LogP contribution < -0.4 is 5.32 Å². The van der Waals surface area contributed by atoms with Gasteiger partial charge in [-0.3, -0.25) is 4.79 Å². The van der Waals surface area contributed by atoms with Crippen molar-refractivity contribution in [1.82, 2.24) is 0 Å². The monoisotopic (exact) mass is 376 g/mol. The van der Waals surface area contributed by atoms with Crippen LogP contribution in [-0.4, -0.2) is 11.7 Å². The van der Waals surface area contributed by atoms with E-state index in [9.17, 15) is 18.8 Å². The molecule has 0 radical (unpaired) electrons. The molecule has 7 heteroatoms. The molecule has 0 bridgehead atoms. The number of furan rings is 1. The van der Waals surface area contributed by atoms with Crippen molar-refractivity contribution in [2.75, 3.05) is 5.32 Å². The lowest BCUT2D eigenvalue weighted by atomic mass is 10.0. The van der Waals surface area contributed by atoms with Gasteiger partial charge in [0.25, 0.3) is 11.7 Å². The minimum atomic E-state index is -2.49. The van der Waals surface area contributed by atoms with Crippen molar-refractivity contribution in [3.63, 3.8) is 0 Å². The number of rotatable bonds is 6. The Morgan fingerprint density at radius 3 is 2.54 bits per heavy atom. The highest BCUT2D eigenvalue weighted by Crippen LogP contribution is 2.24. The molecule has 1 aromatic carbocycles. The van der Waals surface area contributed by atoms with E-state index in [2.05, 4.69) is 5.32 Å². The zero-order valence-corrected chi connectivity index (χ0v) is 15.4. The Morgan fingerprint density at radius 1 is 1.31 bits per heavy atom. The molecule has 0 aliphatic heterocycles. The first-order chi connectivity index (χ1) is 12.3. The summed E-state index contributed by atoms with van der Waals surface area (Å²) in [7, 11) is 0. The zero-order chi connectivity index (χ0) is 19.3. The van der Waals surface area contributed by atoms with Crippen LogP contribution in [0.25, 0.3) is 6.08 Å². The summed E-state index contributed by atoms with van der Waals surface area (Å²) in [6.07, 6.45) is 1.30. The van der Waals surface area contributed by atoms with Gasteiger partial charge in [0.15, 0.2) is 0 Å². The van der Waals surface area contributed by atoms with E-state index in [-0.39, 0.29) is 17.1 Å². The molecular formula is C19H18F2N2O2S. The Morgan fingerprint density at radius 2 is 1.96 bits per heavy atom. The van der Waals surface area contributed by atoms with Crippen LogP contribution >= 0.6 is 11.8 Å². The van der Waals surface area contributed by atoms with Gasteiger partial charge in [-0.05, 0) is 44.0 Å². The second kappa shape index (κ2) is 8.68. The van der Waals surface area contributed by atoms with Gasteiger partial charge in [-0.2, -0.15) is 14.0 Å². The van der Waals surface area contributed by atoms with Crippen LogP contribution in [0.2, 0.25) is 0 Å². The smallest absolute Gasteiger partial charge is 0.284 e. The molecule has 0 spiro atoms. The summed E-state index contributed by atoms with van der Waals surface area (Å²) < 4.78 is 29.8. The van der Waals surface area contributed by atoms with E-state index in [1.807, 2.05) is 39.0 Å². The van der Waals surface area contributed by atoms with Gasteiger partial charge in [0.05, 0.1) is 5.75 Å². The number of carbonyl (C=O) groups excluding carboxylic acids is 1. The largest absolute Gasteiger partial charge is 0.461 e. The first-order valence-electron chi connectivity index (χ1n) is 7.79. The highest BCUT2D eigenvalue weighted by Gasteiger charge is 2.14. The molecular weight excluding hydrogens is 358 g/mol. The molecule has 2 rings (SSSR count). The van der Waals surface area contributed by atoms with Gasteiger partial charge in [-0.15, -0.1) is 0 Å². The number of alkyl halides is 2. The number of nitrogens with one attached hydrogen (secondary N) is 1. The van der Waals surface area contributed by atoms with Crippen LogP contribution in [-0.2, 0) is 10.5 Å². The number of halogens is 2. The van der Waals surface area contributed by atoms with E-state index in [1.165, 1.54) is 12.1 Å². The molecule has 0 aliphatic rings. The van der Waals surface area contributed by atoms with Gasteiger partial charge >= 0.3 is 0 Å². The van der Waals surface area contributed by atoms with E-state index < -0.39 is 11.7 Å². The van der Waals surface area contributed by atoms with Gasteiger partial charge in [0.1, 0.15) is 23.2 Å². The average molecular weight is 376 g/mol. The quantitative estimate of drug-likeness (QED) is 0.555. The number of anilines is 1. The minimum Gasteiger partial charge on any atom is -0.461 e. The van der Waals surface area contributed by atoms with Gasteiger partial charge < -0.3 is 9.73 Å². The molecule has 1 heterocycles. The van der Waals surface area contributed by atoms with E-state index in [0.717, 1.165) is 16.7 Å². The minimum absolute atomic E-state index is 0.0152. The van der Waals surface area contributed by atoms with E-state index >= 15 is 0 Å². The molecule has 0 saturated heterocycles. The topological polar surface area (TPSA) is 66.0 Å². The number of nitrogens with zero attached hydrogens (tertiary/aromatic N) is 1. The lowest BCUT2D eigenvalue weighted by Gasteiger charge is -2.12. The molecule has 0 unspecified atom stereocenters. The summed E-state index contributed by atoms with van der Waals surface area (Å²) in [5, 5.41) is 12.0. The number of carbonyl (C=O) groups is 1. The van der Waals surface area contributed by atoms with Gasteiger partial charge in [0, 0.05) is 11.8 Å². The number of amides is 1. The van der Waals surface area contributed by atoms with Crippen LogP contribution in [0, 0.1) is 32.1 Å². The second-order valence-electron chi connectivity index (χ2n) is 5.77. The summed E-state index contributed by atoms with van der Waals surface area (Å²) in [4.78, 5) is 12.4. The normalized spacial score (nSPS) is 11.5. The fourth-order valence-corrected chi connectivity index (χ4v) is 2.99. The van der Waals surface area contributed by atoms with Crippen LogP contribution in [0.5, 0.6) is 0 Å². The first-order valence-corrected chi connectivity index (χ1v) is 8.84. The molecule has 0 fully saturated rings. The fraction of sp³-hybridized carbons (Fsp3) is 0.263. The van der Waals surface area contributed by atoms with Gasteiger partial charge in [0.2, 0.25) is 0 Å². The predicted molar refractivity (Wildman–Crippen MR) is 98.9 cm³/mol. The summed E-state index contributed by atoms with van der Waals surface area (Å²) in [6, 6.07) is 8.81. The van der Waals surface area contributed by atoms with Crippen molar-refractivity contribution in [2.24, 2.45) is 0 Å². The first kappa shape index (κ1) is 19.7. The molecule has 1 amide bonds. The van der Waals surface area contributed by atoms with Crippen LogP contribution in [0.15, 0.2) is 34.3 Å². The van der Waals surface area contributed by atoms with Crippen molar-refractivity contribution in [1.29, 1.82) is 5.26 Å². The summed E-state index contributed by atoms with van der Waals surface area (Å²) in [5.74, 6) is -2.41. The zero-order valence-electron chi connectivity index (χ0n) is 14.6. The standard InChI is InChI=1S/C19H18F2N2O2S/c1-11-6-12(2)17(13(3)7-11)23-18(24)14(9-22)8-15-4-5-16(25-15)10-26-19(20)21/h4-8,19H,10H2,1-3H3,(H,23,24)/b14-8+. The maximum Gasteiger partial charge on any atom is 0.284 e. The number of benzene rings is 1. The second-order valence-corrected chi connectivity index (χ2v) is 6.75. The van der Waals surface area contributed by atoms with E-state index in [1.54, 1.807) is 6.07 Å². The molecule has 2 aromatic rings. The lowest BCUT2D eigenvalue weighted by molar-refractivity contribution is -0.112. The van der Waals surface area contributed by atoms with Crippen LogP contribution in [0.4, 0.5) is 14.5 Å². The molecule has 0 aliphatic carbocycles. The van der Waals surface area contributed by atoms with Crippen LogP contribution in [0.1, 0.15) is 28.2 Å². The number of thioether (sulfide) groups is 1. The Balaban J connectivity index is 2.17. The number of hydrogen-bond acceptors (Lipinski definition) is 4. The highest BCUT2D eigenvalue weighted by atomic mass is 32.2. The Bertz CT molecular complexity index is 859. The number of hydrogen-bond donors (Lipinski definition) is 1. The maximum absolute atomic E-state index is 12.4. The molecule has 0 saturated carbocycles. The summed E-state index contributed by atoms with van der Waals surface area (Å²) in [5.41, 5.74) is 3.41. The lowest BCUT2D eigenvalue weighted by Crippen LogP contribution is -2.15. The van der Waals surface area contributed by atoms with Crippen molar-refractivity contribution in [3.05, 3.63) is 58.0 Å². The van der Waals surface area contributed by atoms with Gasteiger partial charge in [-0.1, -0.05) is 29.5 Å². The average Bonchev–Trinajstić information content (AvgIpc) is 3.01. The molecule has 0 atom stereocenters. The fourth-order valence-electron chi connectivity index (χ4n) is 2.54. The number of nitriles is 1. The highest BCUT2D eigenvalue weighted by molar-refractivity contribution is 7.98. The molecule has 26 heavy (non-hydrogen) atoms. The molecule has 136 valence electrons. The van der Waals surface area contributed by atoms with Crippen LogP contribution in [0.3, 0.4) is 0 Å². The van der Waals surface area contributed by atoms with Gasteiger partial charge in [-0.25, -0.2) is 0 Å². The third-order valence-electron chi connectivity index (χ3n) is 3.60. The summed E-state index contributed by atoms with van der Waals surface area (Å²) >= 11 is 0.443.